The van der Waals surface area contributed by atoms with Crippen LogP contribution in [0.4, 0.5) is 0 Å². The van der Waals surface area contributed by atoms with Crippen molar-refractivity contribution in [2.45, 2.75) is 56.8 Å². The molecule has 1 N–H and O–H groups in total. The highest BCUT2D eigenvalue weighted by molar-refractivity contribution is 8.00. The van der Waals surface area contributed by atoms with E-state index < -0.39 is 10.9 Å². The molecule has 0 bridgehead atoms. The smallest absolute Gasteiger partial charge is 0.324 e. The standard InChI is InChI=1S/C13H24O3S/c1-4-16-12(15)13(2,17-3)11(14)10-8-6-5-7-9-10/h10-11,14H,4-9H2,1-3H3/t11-,13+/m1/s1. The van der Waals surface area contributed by atoms with Gasteiger partial charge in [0.2, 0.25) is 0 Å². The number of esters is 1. The summed E-state index contributed by atoms with van der Waals surface area (Å²) in [6, 6.07) is 0. The van der Waals surface area contributed by atoms with Crippen LogP contribution in [0, 0.1) is 5.92 Å². The maximum Gasteiger partial charge on any atom is 0.324 e. The third-order valence-electron chi connectivity index (χ3n) is 3.77. The summed E-state index contributed by atoms with van der Waals surface area (Å²) in [5.74, 6) is -0.0452. The van der Waals surface area contributed by atoms with Crippen LogP contribution in [-0.2, 0) is 9.53 Å². The van der Waals surface area contributed by atoms with E-state index in [9.17, 15) is 9.90 Å². The molecule has 0 aromatic carbocycles. The van der Waals surface area contributed by atoms with Gasteiger partial charge in [0.05, 0.1) is 12.7 Å². The second kappa shape index (κ2) is 6.64. The largest absolute Gasteiger partial charge is 0.465 e. The first-order valence-electron chi connectivity index (χ1n) is 6.46. The van der Waals surface area contributed by atoms with E-state index in [1.165, 1.54) is 18.2 Å². The van der Waals surface area contributed by atoms with Gasteiger partial charge in [-0.05, 0) is 38.9 Å². The van der Waals surface area contributed by atoms with E-state index in [1.54, 1.807) is 13.8 Å². The van der Waals surface area contributed by atoms with Crippen LogP contribution in [0.5, 0.6) is 0 Å². The summed E-state index contributed by atoms with van der Waals surface area (Å²) in [4.78, 5) is 12.0. The Hall–Kier alpha value is -0.220. The molecule has 0 saturated heterocycles. The highest BCUT2D eigenvalue weighted by Crippen LogP contribution is 2.37. The quantitative estimate of drug-likeness (QED) is 0.772. The Morgan fingerprint density at radius 2 is 2.06 bits per heavy atom. The molecule has 0 unspecified atom stereocenters. The fourth-order valence-electron chi connectivity index (χ4n) is 2.50. The zero-order chi connectivity index (χ0) is 12.9. The lowest BCUT2D eigenvalue weighted by Crippen LogP contribution is -2.49. The van der Waals surface area contributed by atoms with E-state index >= 15 is 0 Å². The summed E-state index contributed by atoms with van der Waals surface area (Å²) in [6.45, 7) is 3.97. The maximum absolute atomic E-state index is 12.0. The summed E-state index contributed by atoms with van der Waals surface area (Å²) < 4.78 is 4.27. The normalized spacial score (nSPS) is 22.8. The van der Waals surface area contributed by atoms with E-state index in [0.29, 0.717) is 6.61 Å². The molecule has 1 rings (SSSR count). The summed E-state index contributed by atoms with van der Waals surface area (Å²) in [6.07, 6.45) is 6.89. The molecule has 0 aliphatic heterocycles. The molecule has 17 heavy (non-hydrogen) atoms. The number of aliphatic hydroxyl groups excluding tert-OH is 1. The van der Waals surface area contributed by atoms with Gasteiger partial charge in [-0.1, -0.05) is 19.3 Å². The van der Waals surface area contributed by atoms with Gasteiger partial charge < -0.3 is 9.84 Å². The van der Waals surface area contributed by atoms with Gasteiger partial charge in [0.25, 0.3) is 0 Å². The van der Waals surface area contributed by atoms with E-state index in [4.69, 9.17) is 4.74 Å². The third kappa shape index (κ3) is 3.38. The van der Waals surface area contributed by atoms with Crippen LogP contribution in [0.3, 0.4) is 0 Å². The van der Waals surface area contributed by atoms with Crippen molar-refractivity contribution in [1.82, 2.24) is 0 Å². The van der Waals surface area contributed by atoms with Crippen LogP contribution in [0.15, 0.2) is 0 Å². The molecule has 0 radical (unpaired) electrons. The SMILES string of the molecule is CCOC(=O)[C@@](C)(SC)[C@H](O)C1CCCCC1. The van der Waals surface area contributed by atoms with Crippen molar-refractivity contribution < 1.29 is 14.6 Å². The Kier molecular flexibility index (Phi) is 5.80. The molecule has 0 heterocycles. The molecule has 1 saturated carbocycles. The minimum absolute atomic E-state index is 0.241. The van der Waals surface area contributed by atoms with E-state index in [1.807, 2.05) is 6.26 Å². The van der Waals surface area contributed by atoms with Crippen molar-refractivity contribution in [3.8, 4) is 0 Å². The molecular weight excluding hydrogens is 236 g/mol. The number of hydrogen-bond donors (Lipinski definition) is 1. The molecule has 0 aromatic heterocycles. The van der Waals surface area contributed by atoms with E-state index in [2.05, 4.69) is 0 Å². The summed E-state index contributed by atoms with van der Waals surface area (Å²) in [5, 5.41) is 10.5. The monoisotopic (exact) mass is 260 g/mol. The third-order valence-corrected chi connectivity index (χ3v) is 5.02. The zero-order valence-corrected chi connectivity index (χ0v) is 11.9. The van der Waals surface area contributed by atoms with Gasteiger partial charge in [0.1, 0.15) is 4.75 Å². The van der Waals surface area contributed by atoms with Gasteiger partial charge in [0.15, 0.2) is 0 Å². The number of thioether (sulfide) groups is 1. The van der Waals surface area contributed by atoms with Crippen molar-refractivity contribution in [1.29, 1.82) is 0 Å². The molecule has 2 atom stereocenters. The number of rotatable bonds is 5. The Labute approximate surface area is 108 Å². The van der Waals surface area contributed by atoms with Gasteiger partial charge in [-0.15, -0.1) is 11.8 Å². The van der Waals surface area contributed by atoms with Crippen LogP contribution in [0.2, 0.25) is 0 Å². The highest BCUT2D eigenvalue weighted by Gasteiger charge is 2.45. The molecule has 0 aromatic rings. The van der Waals surface area contributed by atoms with Gasteiger partial charge in [-0.2, -0.15) is 0 Å². The van der Waals surface area contributed by atoms with E-state index in [-0.39, 0.29) is 11.9 Å². The lowest BCUT2D eigenvalue weighted by molar-refractivity contribution is -0.150. The lowest BCUT2D eigenvalue weighted by atomic mass is 9.80. The van der Waals surface area contributed by atoms with Crippen molar-refractivity contribution >= 4 is 17.7 Å². The van der Waals surface area contributed by atoms with Gasteiger partial charge in [-0.25, -0.2) is 0 Å². The molecule has 1 aliphatic carbocycles. The van der Waals surface area contributed by atoms with Gasteiger partial charge in [0, 0.05) is 0 Å². The fraction of sp³-hybridized carbons (Fsp3) is 0.923. The Morgan fingerprint density at radius 3 is 2.53 bits per heavy atom. The molecule has 1 fully saturated rings. The number of carbonyl (C=O) groups is 1. The molecular formula is C13H24O3S. The van der Waals surface area contributed by atoms with Crippen molar-refractivity contribution in [2.75, 3.05) is 12.9 Å². The predicted octanol–water partition coefficient (Wildman–Crippen LogP) is 2.61. The highest BCUT2D eigenvalue weighted by atomic mass is 32.2. The second-order valence-corrected chi connectivity index (χ2v) is 6.13. The number of aliphatic hydroxyl groups is 1. The van der Waals surface area contributed by atoms with Crippen molar-refractivity contribution in [3.63, 3.8) is 0 Å². The maximum atomic E-state index is 12.0. The average Bonchev–Trinajstić information content (AvgIpc) is 2.38. The molecule has 0 spiro atoms. The number of ether oxygens (including phenoxy) is 1. The molecule has 100 valence electrons. The topological polar surface area (TPSA) is 46.5 Å². The second-order valence-electron chi connectivity index (χ2n) is 4.87. The predicted molar refractivity (Wildman–Crippen MR) is 71.1 cm³/mol. The van der Waals surface area contributed by atoms with Crippen molar-refractivity contribution in [2.24, 2.45) is 5.92 Å². The van der Waals surface area contributed by atoms with Crippen LogP contribution >= 0.6 is 11.8 Å². The van der Waals surface area contributed by atoms with Crippen molar-refractivity contribution in [3.05, 3.63) is 0 Å². The summed E-state index contributed by atoms with van der Waals surface area (Å²) in [5.41, 5.74) is 0. The molecule has 1 aliphatic rings. The number of hydrogen-bond acceptors (Lipinski definition) is 4. The first-order valence-corrected chi connectivity index (χ1v) is 7.69. The molecule has 0 amide bonds. The van der Waals surface area contributed by atoms with Gasteiger partial charge >= 0.3 is 5.97 Å². The number of carbonyl (C=O) groups excluding carboxylic acids is 1. The molecule has 3 nitrogen and oxygen atoms in total. The minimum Gasteiger partial charge on any atom is -0.465 e. The van der Waals surface area contributed by atoms with Crippen LogP contribution < -0.4 is 0 Å². The van der Waals surface area contributed by atoms with E-state index in [0.717, 1.165) is 25.7 Å². The Bertz CT molecular complexity index is 251. The zero-order valence-electron chi connectivity index (χ0n) is 11.1. The molecule has 4 heteroatoms. The van der Waals surface area contributed by atoms with Crippen LogP contribution in [0.25, 0.3) is 0 Å². The first kappa shape index (κ1) is 14.8. The Morgan fingerprint density at radius 1 is 1.47 bits per heavy atom. The lowest BCUT2D eigenvalue weighted by Gasteiger charge is -2.37. The van der Waals surface area contributed by atoms with Crippen LogP contribution in [0.1, 0.15) is 46.0 Å². The van der Waals surface area contributed by atoms with Crippen LogP contribution in [-0.4, -0.2) is 34.8 Å². The van der Waals surface area contributed by atoms with Gasteiger partial charge in [-0.3, -0.25) is 4.79 Å². The minimum atomic E-state index is -0.821. The fourth-order valence-corrected chi connectivity index (χ4v) is 3.16. The Balaban J connectivity index is 2.72. The average molecular weight is 260 g/mol. The first-order chi connectivity index (χ1) is 8.06. The summed E-state index contributed by atoms with van der Waals surface area (Å²) >= 11 is 1.40. The summed E-state index contributed by atoms with van der Waals surface area (Å²) in [7, 11) is 0.